The molecular formula is C46H31N5. The van der Waals surface area contributed by atoms with Crippen molar-refractivity contribution in [1.29, 1.82) is 0 Å². The number of nitrogens with zero attached hydrogens (tertiary/aromatic N) is 5. The fraction of sp³-hybridized carbons (Fsp3) is 0. The van der Waals surface area contributed by atoms with Crippen LogP contribution in [0.5, 0.6) is 0 Å². The van der Waals surface area contributed by atoms with Crippen LogP contribution in [0.3, 0.4) is 0 Å². The van der Waals surface area contributed by atoms with Crippen LogP contribution >= 0.6 is 0 Å². The number of aromatic nitrogens is 5. The number of imidazole rings is 1. The smallest absolute Gasteiger partial charge is 0.164 e. The van der Waals surface area contributed by atoms with Gasteiger partial charge < -0.3 is 0 Å². The monoisotopic (exact) mass is 653 g/mol. The minimum atomic E-state index is 0.711. The Morgan fingerprint density at radius 1 is 0.353 bits per heavy atom. The van der Waals surface area contributed by atoms with Gasteiger partial charge in [-0.3, -0.25) is 9.55 Å². The zero-order chi connectivity index (χ0) is 34.0. The molecule has 240 valence electrons. The van der Waals surface area contributed by atoms with Gasteiger partial charge in [0.1, 0.15) is 5.69 Å². The van der Waals surface area contributed by atoms with E-state index in [4.69, 9.17) is 19.9 Å². The molecule has 0 aliphatic heterocycles. The molecule has 5 nitrogen and oxygen atoms in total. The summed E-state index contributed by atoms with van der Waals surface area (Å²) in [5, 5.41) is 0. The van der Waals surface area contributed by atoms with E-state index in [1.807, 2.05) is 79.0 Å². The van der Waals surface area contributed by atoms with E-state index < -0.39 is 0 Å². The van der Waals surface area contributed by atoms with Crippen LogP contribution in [0.1, 0.15) is 0 Å². The lowest BCUT2D eigenvalue weighted by atomic mass is 9.99. The SMILES string of the molecule is c1ccc(-c2cc(-c3ccc(-c4ccc(-c5ccnc(-c6nc7ccccc7n6-c6ccccc6)c5)cc4)cc3)nc(-c3ccccc3)n2)cc1. The van der Waals surface area contributed by atoms with Crippen LogP contribution in [0, 0.1) is 0 Å². The third-order valence-electron chi connectivity index (χ3n) is 9.12. The molecule has 0 aliphatic carbocycles. The van der Waals surface area contributed by atoms with Crippen LogP contribution in [0.2, 0.25) is 0 Å². The summed E-state index contributed by atoms with van der Waals surface area (Å²) < 4.78 is 2.18. The Hall–Kier alpha value is -6.98. The Morgan fingerprint density at radius 3 is 1.51 bits per heavy atom. The van der Waals surface area contributed by atoms with Crippen LogP contribution in [-0.4, -0.2) is 24.5 Å². The molecule has 0 aliphatic rings. The zero-order valence-corrected chi connectivity index (χ0v) is 27.6. The van der Waals surface area contributed by atoms with E-state index in [0.717, 1.165) is 78.6 Å². The molecule has 0 saturated carbocycles. The number of para-hydroxylation sites is 3. The highest BCUT2D eigenvalue weighted by molar-refractivity contribution is 5.83. The van der Waals surface area contributed by atoms with Gasteiger partial charge in [0.25, 0.3) is 0 Å². The van der Waals surface area contributed by atoms with Gasteiger partial charge in [0, 0.05) is 28.6 Å². The minimum absolute atomic E-state index is 0.711. The molecule has 0 spiro atoms. The molecule has 0 fully saturated rings. The maximum absolute atomic E-state index is 5.01. The lowest BCUT2D eigenvalue weighted by Crippen LogP contribution is -1.98. The van der Waals surface area contributed by atoms with Crippen molar-refractivity contribution in [1.82, 2.24) is 24.5 Å². The Morgan fingerprint density at radius 2 is 0.863 bits per heavy atom. The third-order valence-corrected chi connectivity index (χ3v) is 9.12. The largest absolute Gasteiger partial charge is 0.291 e. The summed E-state index contributed by atoms with van der Waals surface area (Å²) in [6, 6.07) is 62.5. The fourth-order valence-electron chi connectivity index (χ4n) is 6.53. The minimum Gasteiger partial charge on any atom is -0.291 e. The summed E-state index contributed by atoms with van der Waals surface area (Å²) in [5.41, 5.74) is 13.2. The lowest BCUT2D eigenvalue weighted by Gasteiger charge is -2.11. The average molecular weight is 654 g/mol. The van der Waals surface area contributed by atoms with Crippen LogP contribution in [0.15, 0.2) is 188 Å². The Labute approximate surface area is 296 Å². The number of benzene rings is 6. The predicted molar refractivity (Wildman–Crippen MR) is 207 cm³/mol. The quantitative estimate of drug-likeness (QED) is 0.172. The van der Waals surface area contributed by atoms with Crippen LogP contribution in [0.25, 0.3) is 84.4 Å². The topological polar surface area (TPSA) is 56.5 Å². The molecule has 51 heavy (non-hydrogen) atoms. The summed E-state index contributed by atoms with van der Waals surface area (Å²) >= 11 is 0. The lowest BCUT2D eigenvalue weighted by molar-refractivity contribution is 1.08. The molecule has 0 unspecified atom stereocenters. The molecular weight excluding hydrogens is 623 g/mol. The van der Waals surface area contributed by atoms with Gasteiger partial charge in [0.2, 0.25) is 0 Å². The highest BCUT2D eigenvalue weighted by atomic mass is 15.1. The van der Waals surface area contributed by atoms with Gasteiger partial charge >= 0.3 is 0 Å². The first-order valence-corrected chi connectivity index (χ1v) is 17.0. The molecule has 5 heteroatoms. The molecule has 0 N–H and O–H groups in total. The van der Waals surface area contributed by atoms with Gasteiger partial charge in [0.05, 0.1) is 22.4 Å². The first-order chi connectivity index (χ1) is 25.3. The number of fused-ring (bicyclic) bond motifs is 1. The Bertz CT molecular complexity index is 2540. The molecule has 3 heterocycles. The van der Waals surface area contributed by atoms with Crippen molar-refractivity contribution >= 4 is 11.0 Å². The molecule has 0 atom stereocenters. The second kappa shape index (κ2) is 13.1. The van der Waals surface area contributed by atoms with Crippen molar-refractivity contribution in [3.8, 4) is 73.4 Å². The molecule has 0 bridgehead atoms. The van der Waals surface area contributed by atoms with E-state index in [9.17, 15) is 0 Å². The normalized spacial score (nSPS) is 11.1. The van der Waals surface area contributed by atoms with E-state index in [-0.39, 0.29) is 0 Å². The van der Waals surface area contributed by atoms with Crippen LogP contribution in [-0.2, 0) is 0 Å². The molecule has 9 rings (SSSR count). The summed E-state index contributed by atoms with van der Waals surface area (Å²) in [6.45, 7) is 0. The third kappa shape index (κ3) is 5.98. The van der Waals surface area contributed by atoms with Crippen LogP contribution in [0.4, 0.5) is 0 Å². The van der Waals surface area contributed by atoms with E-state index in [2.05, 4.69) is 114 Å². The Kier molecular flexibility index (Phi) is 7.76. The first-order valence-electron chi connectivity index (χ1n) is 17.0. The second-order valence-corrected chi connectivity index (χ2v) is 12.4. The number of hydrogen-bond donors (Lipinski definition) is 0. The van der Waals surface area contributed by atoms with Gasteiger partial charge in [-0.15, -0.1) is 0 Å². The molecule has 9 aromatic rings. The molecule has 0 saturated heterocycles. The van der Waals surface area contributed by atoms with Crippen molar-refractivity contribution in [2.75, 3.05) is 0 Å². The molecule has 6 aromatic carbocycles. The van der Waals surface area contributed by atoms with Crippen molar-refractivity contribution in [3.63, 3.8) is 0 Å². The fourth-order valence-corrected chi connectivity index (χ4v) is 6.53. The van der Waals surface area contributed by atoms with Gasteiger partial charge in [-0.1, -0.05) is 140 Å². The highest BCUT2D eigenvalue weighted by Crippen LogP contribution is 2.33. The zero-order valence-electron chi connectivity index (χ0n) is 27.6. The molecule has 0 amide bonds. The van der Waals surface area contributed by atoms with Crippen molar-refractivity contribution < 1.29 is 0 Å². The average Bonchev–Trinajstić information content (AvgIpc) is 3.62. The first kappa shape index (κ1) is 30.1. The Balaban J connectivity index is 1.01. The van der Waals surface area contributed by atoms with Gasteiger partial charge in [-0.05, 0) is 64.7 Å². The van der Waals surface area contributed by atoms with Gasteiger partial charge in [-0.2, -0.15) is 0 Å². The molecule has 3 aromatic heterocycles. The van der Waals surface area contributed by atoms with Crippen LogP contribution < -0.4 is 0 Å². The summed E-state index contributed by atoms with van der Waals surface area (Å²) in [5.74, 6) is 1.53. The maximum atomic E-state index is 5.01. The standard InChI is InChI=1S/C46H31N5/c1-4-12-35(13-5-1)41-31-42(49-45(48-41)37-14-6-2-7-15-37)36-26-24-33(25-27-36)32-20-22-34(23-21-32)38-28-29-47-43(30-38)46-50-40-18-10-11-19-44(40)51(46)39-16-8-3-9-17-39/h1-31H. The highest BCUT2D eigenvalue weighted by Gasteiger charge is 2.16. The predicted octanol–water partition coefficient (Wildman–Crippen LogP) is 11.2. The van der Waals surface area contributed by atoms with Crippen molar-refractivity contribution in [2.24, 2.45) is 0 Å². The number of pyridine rings is 1. The summed E-state index contributed by atoms with van der Waals surface area (Å²) in [7, 11) is 0. The van der Waals surface area contributed by atoms with E-state index in [1.54, 1.807) is 0 Å². The van der Waals surface area contributed by atoms with Gasteiger partial charge in [0.15, 0.2) is 11.6 Å². The van der Waals surface area contributed by atoms with Crippen molar-refractivity contribution in [2.45, 2.75) is 0 Å². The van der Waals surface area contributed by atoms with E-state index in [0.29, 0.717) is 5.82 Å². The summed E-state index contributed by atoms with van der Waals surface area (Å²) in [6.07, 6.45) is 1.87. The van der Waals surface area contributed by atoms with Crippen molar-refractivity contribution in [3.05, 3.63) is 188 Å². The van der Waals surface area contributed by atoms with E-state index in [1.165, 1.54) is 0 Å². The number of rotatable bonds is 7. The maximum Gasteiger partial charge on any atom is 0.164 e. The number of hydrogen-bond acceptors (Lipinski definition) is 4. The van der Waals surface area contributed by atoms with Gasteiger partial charge in [-0.25, -0.2) is 15.0 Å². The second-order valence-electron chi connectivity index (χ2n) is 12.4. The molecule has 0 radical (unpaired) electrons. The van der Waals surface area contributed by atoms with E-state index >= 15 is 0 Å². The summed E-state index contributed by atoms with van der Waals surface area (Å²) in [4.78, 5) is 19.7.